The van der Waals surface area contributed by atoms with Crippen LogP contribution in [0.1, 0.15) is 17.5 Å². The summed E-state index contributed by atoms with van der Waals surface area (Å²) in [5.41, 5.74) is 1.79. The van der Waals surface area contributed by atoms with Crippen LogP contribution in [0.3, 0.4) is 0 Å². The molecule has 0 saturated carbocycles. The van der Waals surface area contributed by atoms with E-state index in [-0.39, 0.29) is 0 Å². The molecule has 0 unspecified atom stereocenters. The number of rotatable bonds is 2. The van der Waals surface area contributed by atoms with E-state index in [1.165, 1.54) is 6.26 Å². The number of carbonyl (C=O) groups excluding carboxylic acids is 1. The van der Waals surface area contributed by atoms with Gasteiger partial charge in [-0.15, -0.1) is 0 Å². The van der Waals surface area contributed by atoms with Crippen molar-refractivity contribution in [1.82, 2.24) is 4.90 Å². The quantitative estimate of drug-likeness (QED) is 0.769. The molecule has 1 aliphatic heterocycles. The van der Waals surface area contributed by atoms with Gasteiger partial charge in [-0.05, 0) is 24.6 Å². The van der Waals surface area contributed by atoms with Gasteiger partial charge < -0.3 is 9.64 Å². The van der Waals surface area contributed by atoms with Crippen molar-refractivity contribution in [3.05, 3.63) is 40.6 Å². The Morgan fingerprint density at radius 2 is 2.33 bits per heavy atom. The number of ether oxygens (including phenoxy) is 1. The maximum atomic E-state index is 11.1. The molecular formula is C13H11ClN2O2. The van der Waals surface area contributed by atoms with Crippen molar-refractivity contribution in [3.8, 4) is 6.07 Å². The van der Waals surface area contributed by atoms with E-state index in [1.807, 2.05) is 6.07 Å². The number of nitrogens with zero attached hydrogens (tertiary/aromatic N) is 2. The molecule has 2 rings (SSSR count). The van der Waals surface area contributed by atoms with Crippen LogP contribution in [0.25, 0.3) is 5.70 Å². The van der Waals surface area contributed by atoms with Crippen molar-refractivity contribution in [2.75, 3.05) is 13.2 Å². The van der Waals surface area contributed by atoms with Crippen LogP contribution >= 0.6 is 11.6 Å². The lowest BCUT2D eigenvalue weighted by Gasteiger charge is -2.18. The summed E-state index contributed by atoms with van der Waals surface area (Å²) >= 11 is 6.13. The van der Waals surface area contributed by atoms with E-state index in [0.717, 1.165) is 12.8 Å². The molecule has 1 amide bonds. The second-order valence-electron chi connectivity index (χ2n) is 3.83. The monoisotopic (exact) mass is 262 g/mol. The van der Waals surface area contributed by atoms with E-state index in [4.69, 9.17) is 21.6 Å². The zero-order valence-corrected chi connectivity index (χ0v) is 10.4. The van der Waals surface area contributed by atoms with E-state index in [2.05, 4.69) is 0 Å². The summed E-state index contributed by atoms with van der Waals surface area (Å²) in [4.78, 5) is 12.6. The number of amides is 1. The molecule has 0 saturated heterocycles. The minimum Gasteiger partial charge on any atom is -0.499 e. The van der Waals surface area contributed by atoms with Crippen molar-refractivity contribution in [2.45, 2.75) is 6.42 Å². The molecule has 92 valence electrons. The summed E-state index contributed by atoms with van der Waals surface area (Å²) in [6, 6.07) is 6.97. The fraction of sp³-hybridized carbons (Fsp3) is 0.231. The fourth-order valence-corrected chi connectivity index (χ4v) is 2.04. The van der Waals surface area contributed by atoms with E-state index in [9.17, 15) is 4.79 Å². The van der Waals surface area contributed by atoms with Gasteiger partial charge >= 0.3 is 0 Å². The van der Waals surface area contributed by atoms with Crippen molar-refractivity contribution < 1.29 is 9.53 Å². The second-order valence-corrected chi connectivity index (χ2v) is 4.24. The molecule has 1 heterocycles. The summed E-state index contributed by atoms with van der Waals surface area (Å²) in [6.07, 6.45) is 3.07. The molecule has 0 radical (unpaired) electrons. The first-order chi connectivity index (χ1) is 8.76. The minimum absolute atomic E-state index is 0.428. The van der Waals surface area contributed by atoms with Gasteiger partial charge in [-0.3, -0.25) is 4.79 Å². The van der Waals surface area contributed by atoms with Crippen LogP contribution in [0, 0.1) is 11.3 Å². The highest BCUT2D eigenvalue weighted by Crippen LogP contribution is 2.28. The molecule has 0 bridgehead atoms. The lowest BCUT2D eigenvalue weighted by atomic mass is 10.1. The average molecular weight is 263 g/mol. The number of carbonyl (C=O) groups is 1. The molecule has 0 spiro atoms. The van der Waals surface area contributed by atoms with Crippen LogP contribution in [0.2, 0.25) is 5.02 Å². The van der Waals surface area contributed by atoms with Gasteiger partial charge in [0.1, 0.15) is 6.26 Å². The van der Waals surface area contributed by atoms with Crippen LogP contribution in [0.15, 0.2) is 24.5 Å². The number of hydrogen-bond donors (Lipinski definition) is 0. The van der Waals surface area contributed by atoms with E-state index in [1.54, 1.807) is 23.1 Å². The maximum absolute atomic E-state index is 11.1. The molecule has 0 fully saturated rings. The molecule has 18 heavy (non-hydrogen) atoms. The summed E-state index contributed by atoms with van der Waals surface area (Å²) in [6.45, 7) is 1.16. The summed E-state index contributed by atoms with van der Waals surface area (Å²) in [5.74, 6) is 0. The third kappa shape index (κ3) is 2.47. The topological polar surface area (TPSA) is 53.3 Å². The number of halogens is 1. The fourth-order valence-electron chi connectivity index (χ4n) is 1.76. The third-order valence-electron chi connectivity index (χ3n) is 2.67. The highest BCUT2D eigenvalue weighted by molar-refractivity contribution is 6.32. The average Bonchev–Trinajstić information content (AvgIpc) is 2.63. The van der Waals surface area contributed by atoms with Gasteiger partial charge in [0.05, 0.1) is 29.0 Å². The Kier molecular flexibility index (Phi) is 3.85. The predicted octanol–water partition coefficient (Wildman–Crippen LogP) is 2.39. The zero-order valence-electron chi connectivity index (χ0n) is 9.60. The third-order valence-corrected chi connectivity index (χ3v) is 2.98. The highest BCUT2D eigenvalue weighted by Gasteiger charge is 2.17. The Bertz CT molecular complexity index is 534. The second kappa shape index (κ2) is 5.56. The van der Waals surface area contributed by atoms with Crippen LogP contribution < -0.4 is 0 Å². The molecule has 0 aromatic heterocycles. The van der Waals surface area contributed by atoms with Crippen molar-refractivity contribution in [1.29, 1.82) is 5.26 Å². The Morgan fingerprint density at radius 3 is 3.00 bits per heavy atom. The number of hydrogen-bond acceptors (Lipinski definition) is 3. The maximum Gasteiger partial charge on any atom is 0.214 e. The molecule has 4 nitrogen and oxygen atoms in total. The first-order valence-corrected chi connectivity index (χ1v) is 5.88. The van der Waals surface area contributed by atoms with E-state index in [0.29, 0.717) is 35.0 Å². The lowest BCUT2D eigenvalue weighted by Crippen LogP contribution is -2.21. The molecule has 1 aromatic carbocycles. The Morgan fingerprint density at radius 1 is 1.50 bits per heavy atom. The predicted molar refractivity (Wildman–Crippen MR) is 67.5 cm³/mol. The Hall–Kier alpha value is -1.99. The first-order valence-electron chi connectivity index (χ1n) is 5.50. The molecular weight excluding hydrogens is 252 g/mol. The van der Waals surface area contributed by atoms with Gasteiger partial charge in [0.25, 0.3) is 0 Å². The highest BCUT2D eigenvalue weighted by atomic mass is 35.5. The van der Waals surface area contributed by atoms with Gasteiger partial charge in [0.15, 0.2) is 0 Å². The molecule has 5 heteroatoms. The normalized spacial score (nSPS) is 15.1. The van der Waals surface area contributed by atoms with Gasteiger partial charge in [-0.25, -0.2) is 0 Å². The van der Waals surface area contributed by atoms with Gasteiger partial charge in [0, 0.05) is 12.1 Å². The number of benzene rings is 1. The molecule has 1 aromatic rings. The van der Waals surface area contributed by atoms with Crippen molar-refractivity contribution >= 4 is 23.7 Å². The standard InChI is InChI=1S/C13H11ClN2O2/c14-12-6-10(7-15)2-3-11(12)13-8-18-5-1-4-16(13)9-17/h2-3,6,8-9H,1,4-5H2. The summed E-state index contributed by atoms with van der Waals surface area (Å²) in [7, 11) is 0. The van der Waals surface area contributed by atoms with Crippen LogP contribution in [-0.2, 0) is 9.53 Å². The van der Waals surface area contributed by atoms with Crippen LogP contribution in [-0.4, -0.2) is 24.5 Å². The lowest BCUT2D eigenvalue weighted by molar-refractivity contribution is -0.115. The van der Waals surface area contributed by atoms with E-state index >= 15 is 0 Å². The first kappa shape index (κ1) is 12.5. The largest absolute Gasteiger partial charge is 0.499 e. The van der Waals surface area contributed by atoms with Gasteiger partial charge in [0.2, 0.25) is 6.41 Å². The van der Waals surface area contributed by atoms with Crippen molar-refractivity contribution in [3.63, 3.8) is 0 Å². The van der Waals surface area contributed by atoms with Crippen molar-refractivity contribution in [2.24, 2.45) is 0 Å². The molecule has 0 N–H and O–H groups in total. The summed E-state index contributed by atoms with van der Waals surface area (Å²) in [5, 5.41) is 9.22. The molecule has 1 aliphatic rings. The summed E-state index contributed by atoms with van der Waals surface area (Å²) < 4.78 is 5.32. The zero-order chi connectivity index (χ0) is 13.0. The van der Waals surface area contributed by atoms with E-state index < -0.39 is 0 Å². The van der Waals surface area contributed by atoms with Crippen LogP contribution in [0.4, 0.5) is 0 Å². The minimum atomic E-state index is 0.428. The van der Waals surface area contributed by atoms with Gasteiger partial charge in [-0.1, -0.05) is 11.6 Å². The van der Waals surface area contributed by atoms with Gasteiger partial charge in [-0.2, -0.15) is 5.26 Å². The molecule has 0 atom stereocenters. The SMILES string of the molecule is N#Cc1ccc(C2=COCCCN2C=O)c(Cl)c1. The van der Waals surface area contributed by atoms with Crippen LogP contribution in [0.5, 0.6) is 0 Å². The Labute approximate surface area is 110 Å². The Balaban J connectivity index is 2.42. The smallest absolute Gasteiger partial charge is 0.214 e. The number of nitriles is 1. The molecule has 0 aliphatic carbocycles.